The highest BCUT2D eigenvalue weighted by molar-refractivity contribution is 5.94. The molecular formula is C22H25N3O2. The van der Waals surface area contributed by atoms with E-state index in [1.807, 2.05) is 17.7 Å². The molecule has 3 heterocycles. The lowest BCUT2D eigenvalue weighted by atomic mass is 9.92. The van der Waals surface area contributed by atoms with E-state index in [0.29, 0.717) is 13.0 Å². The van der Waals surface area contributed by atoms with Gasteiger partial charge in [0.05, 0.1) is 5.60 Å². The second-order valence-electron chi connectivity index (χ2n) is 8.15. The Kier molecular flexibility index (Phi) is 4.07. The van der Waals surface area contributed by atoms with Gasteiger partial charge in [-0.2, -0.15) is 0 Å². The maximum Gasteiger partial charge on any atom is 0.220 e. The molecule has 4 rings (SSSR count). The summed E-state index contributed by atoms with van der Waals surface area (Å²) in [6.45, 7) is 6.32. The average molecular weight is 363 g/mol. The second-order valence-corrected chi connectivity index (χ2v) is 8.15. The smallest absolute Gasteiger partial charge is 0.220 e. The van der Waals surface area contributed by atoms with E-state index < -0.39 is 5.60 Å². The minimum atomic E-state index is -0.943. The molecule has 27 heavy (non-hydrogen) atoms. The van der Waals surface area contributed by atoms with E-state index in [4.69, 9.17) is 0 Å². The van der Waals surface area contributed by atoms with Gasteiger partial charge in [-0.1, -0.05) is 23.8 Å². The molecule has 1 aliphatic rings. The number of carbonyl (C=O) groups excluding carboxylic acids is 1. The lowest BCUT2D eigenvalue weighted by molar-refractivity contribution is -0.119. The summed E-state index contributed by atoms with van der Waals surface area (Å²) in [5.74, 6) is 0.337. The highest BCUT2D eigenvalue weighted by Crippen LogP contribution is 2.35. The van der Waals surface area contributed by atoms with Crippen LogP contribution in [0.4, 0.5) is 0 Å². The maximum atomic E-state index is 11.6. The van der Waals surface area contributed by atoms with Crippen LogP contribution in [0.1, 0.15) is 42.9 Å². The Bertz CT molecular complexity index is 1040. The van der Waals surface area contributed by atoms with E-state index in [9.17, 15) is 9.90 Å². The van der Waals surface area contributed by atoms with Gasteiger partial charge in [-0.25, -0.2) is 4.98 Å². The Hall–Kier alpha value is -2.66. The summed E-state index contributed by atoms with van der Waals surface area (Å²) in [6.07, 6.45) is 4.37. The Morgan fingerprint density at radius 1 is 1.26 bits per heavy atom. The molecule has 1 amide bonds. The van der Waals surface area contributed by atoms with Crippen LogP contribution in [0.2, 0.25) is 0 Å². The van der Waals surface area contributed by atoms with E-state index in [2.05, 4.69) is 41.6 Å². The van der Waals surface area contributed by atoms with Crippen LogP contribution in [0.5, 0.6) is 0 Å². The first-order chi connectivity index (χ1) is 12.7. The normalized spacial score (nSPS) is 17.5. The number of hydrogen-bond acceptors (Lipinski definition) is 3. The van der Waals surface area contributed by atoms with E-state index in [0.717, 1.165) is 27.7 Å². The number of nitrogens with zero attached hydrogens (tertiary/aromatic N) is 2. The van der Waals surface area contributed by atoms with Crippen LogP contribution >= 0.6 is 0 Å². The molecule has 1 aromatic carbocycles. The molecule has 1 saturated heterocycles. The molecular weight excluding hydrogens is 338 g/mol. The fourth-order valence-electron chi connectivity index (χ4n) is 3.87. The molecule has 1 fully saturated rings. The monoisotopic (exact) mass is 363 g/mol. The first-order valence-corrected chi connectivity index (χ1v) is 9.29. The SMILES string of the molecule is Cc1cc(-c2cn(C)c3ncc(C(C)(C)O)cc23)cc(C2CNC(=O)C2)c1. The number of aliphatic hydroxyl groups is 1. The quantitative estimate of drug-likeness (QED) is 0.750. The summed E-state index contributed by atoms with van der Waals surface area (Å²) in [6, 6.07) is 8.54. The van der Waals surface area contributed by atoms with Gasteiger partial charge in [-0.3, -0.25) is 4.79 Å². The fraction of sp³-hybridized carbons (Fsp3) is 0.364. The van der Waals surface area contributed by atoms with Gasteiger partial charge in [0.1, 0.15) is 5.65 Å². The van der Waals surface area contributed by atoms with E-state index >= 15 is 0 Å². The molecule has 5 heteroatoms. The minimum Gasteiger partial charge on any atom is -0.386 e. The largest absolute Gasteiger partial charge is 0.386 e. The van der Waals surface area contributed by atoms with Crippen LogP contribution in [0.25, 0.3) is 22.2 Å². The van der Waals surface area contributed by atoms with Crippen molar-refractivity contribution in [2.24, 2.45) is 7.05 Å². The molecule has 5 nitrogen and oxygen atoms in total. The third kappa shape index (κ3) is 3.23. The van der Waals surface area contributed by atoms with Crippen molar-refractivity contribution in [2.75, 3.05) is 6.54 Å². The summed E-state index contributed by atoms with van der Waals surface area (Å²) in [7, 11) is 1.98. The van der Waals surface area contributed by atoms with Crippen LogP contribution in [0.3, 0.4) is 0 Å². The summed E-state index contributed by atoms with van der Waals surface area (Å²) in [5.41, 5.74) is 5.30. The second kappa shape index (κ2) is 6.20. The number of rotatable bonds is 3. The van der Waals surface area contributed by atoms with Crippen LogP contribution in [-0.2, 0) is 17.4 Å². The molecule has 0 bridgehead atoms. The fourth-order valence-corrected chi connectivity index (χ4v) is 3.87. The summed E-state index contributed by atoms with van der Waals surface area (Å²) < 4.78 is 2.02. The first kappa shape index (κ1) is 17.7. The number of hydrogen-bond donors (Lipinski definition) is 2. The Balaban J connectivity index is 1.87. The average Bonchev–Trinajstić information content (AvgIpc) is 3.17. The number of amides is 1. The number of carbonyl (C=O) groups is 1. The predicted octanol–water partition coefficient (Wildman–Crippen LogP) is 3.38. The zero-order chi connectivity index (χ0) is 19.3. The van der Waals surface area contributed by atoms with Gasteiger partial charge in [0.2, 0.25) is 5.91 Å². The standard InChI is InChI=1S/C22H25N3O2/c1-13-5-14(16-8-20(26)23-10-16)7-15(6-13)19-12-25(4)21-18(19)9-17(11-24-21)22(2,3)27/h5-7,9,11-12,16,27H,8,10H2,1-4H3,(H,23,26). The first-order valence-electron chi connectivity index (χ1n) is 9.29. The van der Waals surface area contributed by atoms with Crippen LogP contribution in [-0.4, -0.2) is 27.1 Å². The van der Waals surface area contributed by atoms with Crippen molar-refractivity contribution in [1.82, 2.24) is 14.9 Å². The molecule has 2 aromatic heterocycles. The molecule has 2 N–H and O–H groups in total. The van der Waals surface area contributed by atoms with Crippen molar-refractivity contribution in [3.8, 4) is 11.1 Å². The van der Waals surface area contributed by atoms with Gasteiger partial charge in [0, 0.05) is 54.8 Å². The van der Waals surface area contributed by atoms with Gasteiger partial charge in [0.15, 0.2) is 0 Å². The Morgan fingerprint density at radius 3 is 2.70 bits per heavy atom. The summed E-state index contributed by atoms with van der Waals surface area (Å²) in [4.78, 5) is 16.2. The molecule has 140 valence electrons. The number of pyridine rings is 1. The lowest BCUT2D eigenvalue weighted by Crippen LogP contribution is -2.15. The van der Waals surface area contributed by atoms with E-state index in [1.165, 1.54) is 11.1 Å². The van der Waals surface area contributed by atoms with Crippen molar-refractivity contribution in [3.63, 3.8) is 0 Å². The van der Waals surface area contributed by atoms with Crippen LogP contribution in [0, 0.1) is 6.92 Å². The molecule has 0 radical (unpaired) electrons. The third-order valence-electron chi connectivity index (χ3n) is 5.38. The number of fused-ring (bicyclic) bond motifs is 1. The number of nitrogens with one attached hydrogen (secondary N) is 1. The van der Waals surface area contributed by atoms with Gasteiger partial charge in [-0.05, 0) is 38.0 Å². The van der Waals surface area contributed by atoms with Gasteiger partial charge in [-0.15, -0.1) is 0 Å². The van der Waals surface area contributed by atoms with Gasteiger partial charge < -0.3 is 15.0 Å². The van der Waals surface area contributed by atoms with Crippen molar-refractivity contribution < 1.29 is 9.90 Å². The third-order valence-corrected chi connectivity index (χ3v) is 5.38. The van der Waals surface area contributed by atoms with E-state index in [1.54, 1.807) is 20.0 Å². The summed E-state index contributed by atoms with van der Waals surface area (Å²) in [5, 5.41) is 14.3. The van der Waals surface area contributed by atoms with E-state index in [-0.39, 0.29) is 11.8 Å². The highest BCUT2D eigenvalue weighted by Gasteiger charge is 2.24. The minimum absolute atomic E-state index is 0.118. The van der Waals surface area contributed by atoms with Gasteiger partial charge >= 0.3 is 0 Å². The van der Waals surface area contributed by atoms with Crippen LogP contribution < -0.4 is 5.32 Å². The van der Waals surface area contributed by atoms with Crippen LogP contribution in [0.15, 0.2) is 36.7 Å². The molecule has 0 aliphatic carbocycles. The Labute approximate surface area is 159 Å². The van der Waals surface area contributed by atoms with Crippen molar-refractivity contribution >= 4 is 16.9 Å². The topological polar surface area (TPSA) is 67.2 Å². The predicted molar refractivity (Wildman–Crippen MR) is 106 cm³/mol. The zero-order valence-electron chi connectivity index (χ0n) is 16.2. The van der Waals surface area contributed by atoms with Crippen molar-refractivity contribution in [2.45, 2.75) is 38.7 Å². The van der Waals surface area contributed by atoms with Crippen molar-refractivity contribution in [3.05, 3.63) is 53.3 Å². The zero-order valence-corrected chi connectivity index (χ0v) is 16.2. The molecule has 0 spiro atoms. The highest BCUT2D eigenvalue weighted by atomic mass is 16.3. The molecule has 1 unspecified atom stereocenters. The Morgan fingerprint density at radius 2 is 2.04 bits per heavy atom. The van der Waals surface area contributed by atoms with Crippen molar-refractivity contribution in [1.29, 1.82) is 0 Å². The number of aryl methyl sites for hydroxylation is 2. The molecule has 3 aromatic rings. The molecule has 0 saturated carbocycles. The maximum absolute atomic E-state index is 11.6. The summed E-state index contributed by atoms with van der Waals surface area (Å²) >= 11 is 0. The number of aromatic nitrogens is 2. The molecule has 1 atom stereocenters. The lowest BCUT2D eigenvalue weighted by Gasteiger charge is -2.17. The molecule has 1 aliphatic heterocycles. The van der Waals surface area contributed by atoms with Gasteiger partial charge in [0.25, 0.3) is 0 Å². The number of benzene rings is 1.